The Bertz CT molecular complexity index is 386. The average molecular weight is 335 g/mol. The number of hydrogen-bond donors (Lipinski definition) is 3. The lowest BCUT2D eigenvalue weighted by Crippen LogP contribution is -2.54. The van der Waals surface area contributed by atoms with E-state index >= 15 is 0 Å². The Labute approximate surface area is 137 Å². The number of likely N-dealkylation sites (tertiary alicyclic amines) is 1. The number of carbonyl (C=O) groups is 2. The number of hydrogen-bond acceptors (Lipinski definition) is 4. The molecule has 0 unspecified atom stereocenters. The lowest BCUT2D eigenvalue weighted by Gasteiger charge is -2.35. The van der Waals surface area contributed by atoms with Crippen LogP contribution in [0.4, 0.5) is 4.79 Å². The maximum atomic E-state index is 12.3. The highest BCUT2D eigenvalue weighted by Gasteiger charge is 2.31. The van der Waals surface area contributed by atoms with Gasteiger partial charge >= 0.3 is 6.03 Å². The van der Waals surface area contributed by atoms with Crippen LogP contribution >= 0.6 is 12.4 Å². The van der Waals surface area contributed by atoms with E-state index < -0.39 is 6.10 Å². The van der Waals surface area contributed by atoms with Crippen molar-refractivity contribution in [3.8, 4) is 0 Å². The van der Waals surface area contributed by atoms with Gasteiger partial charge in [0, 0.05) is 39.6 Å². The van der Waals surface area contributed by atoms with Gasteiger partial charge in [-0.25, -0.2) is 4.79 Å². The zero-order valence-corrected chi connectivity index (χ0v) is 14.1. The van der Waals surface area contributed by atoms with Crippen molar-refractivity contribution < 1.29 is 14.7 Å². The van der Waals surface area contributed by atoms with Gasteiger partial charge in [0.2, 0.25) is 5.91 Å². The van der Waals surface area contributed by atoms with Gasteiger partial charge < -0.3 is 25.5 Å². The lowest BCUT2D eigenvalue weighted by molar-refractivity contribution is -0.128. The molecule has 3 amide bonds. The minimum absolute atomic E-state index is 0. The molecule has 22 heavy (non-hydrogen) atoms. The number of nitrogens with one attached hydrogen (secondary N) is 2. The summed E-state index contributed by atoms with van der Waals surface area (Å²) >= 11 is 0. The third-order valence-corrected chi connectivity index (χ3v) is 4.30. The predicted octanol–water partition coefficient (Wildman–Crippen LogP) is -0.359. The van der Waals surface area contributed by atoms with E-state index in [1.807, 2.05) is 0 Å². The summed E-state index contributed by atoms with van der Waals surface area (Å²) in [7, 11) is 3.47. The highest BCUT2D eigenvalue weighted by Crippen LogP contribution is 2.19. The monoisotopic (exact) mass is 334 g/mol. The van der Waals surface area contributed by atoms with Gasteiger partial charge in [-0.05, 0) is 25.8 Å². The first-order valence-corrected chi connectivity index (χ1v) is 7.64. The Balaban J connectivity index is 0.00000242. The second-order valence-corrected chi connectivity index (χ2v) is 6.11. The Morgan fingerprint density at radius 2 is 1.86 bits per heavy atom. The SMILES string of the molecule is CN(C)C(=O)N1CCC(C(=O)N[C@@H]2CCNC[C@H]2O)CC1.Cl. The fourth-order valence-corrected chi connectivity index (χ4v) is 2.93. The van der Waals surface area contributed by atoms with Crippen LogP contribution in [0.25, 0.3) is 0 Å². The van der Waals surface area contributed by atoms with Crippen LogP contribution in [-0.2, 0) is 4.79 Å². The van der Waals surface area contributed by atoms with Crippen LogP contribution in [0, 0.1) is 5.92 Å². The highest BCUT2D eigenvalue weighted by molar-refractivity contribution is 5.85. The number of carbonyl (C=O) groups excluding carboxylic acids is 2. The lowest BCUT2D eigenvalue weighted by atomic mass is 9.94. The molecular formula is C14H27ClN4O3. The molecule has 2 fully saturated rings. The van der Waals surface area contributed by atoms with E-state index in [0.29, 0.717) is 32.5 Å². The fourth-order valence-electron chi connectivity index (χ4n) is 2.93. The molecule has 0 aromatic rings. The number of amides is 3. The largest absolute Gasteiger partial charge is 0.390 e. The zero-order chi connectivity index (χ0) is 15.4. The summed E-state index contributed by atoms with van der Waals surface area (Å²) in [5.74, 6) is -0.0452. The minimum Gasteiger partial charge on any atom is -0.390 e. The van der Waals surface area contributed by atoms with E-state index in [-0.39, 0.29) is 36.3 Å². The van der Waals surface area contributed by atoms with Crippen molar-refractivity contribution in [2.45, 2.75) is 31.4 Å². The molecule has 2 aliphatic rings. The average Bonchev–Trinajstić information content (AvgIpc) is 2.49. The van der Waals surface area contributed by atoms with Crippen molar-refractivity contribution in [3.05, 3.63) is 0 Å². The number of aliphatic hydroxyl groups is 1. The Morgan fingerprint density at radius 3 is 2.41 bits per heavy atom. The van der Waals surface area contributed by atoms with E-state index in [1.54, 1.807) is 23.9 Å². The summed E-state index contributed by atoms with van der Waals surface area (Å²) in [4.78, 5) is 27.5. The summed E-state index contributed by atoms with van der Waals surface area (Å²) < 4.78 is 0. The minimum atomic E-state index is -0.516. The molecule has 2 rings (SSSR count). The van der Waals surface area contributed by atoms with E-state index in [1.165, 1.54) is 0 Å². The fraction of sp³-hybridized carbons (Fsp3) is 0.857. The van der Waals surface area contributed by atoms with Gasteiger partial charge in [-0.1, -0.05) is 0 Å². The predicted molar refractivity (Wildman–Crippen MR) is 86.1 cm³/mol. The number of aliphatic hydroxyl groups excluding tert-OH is 1. The molecule has 2 saturated heterocycles. The molecule has 0 bridgehead atoms. The van der Waals surface area contributed by atoms with Crippen molar-refractivity contribution in [1.82, 2.24) is 20.4 Å². The maximum absolute atomic E-state index is 12.3. The van der Waals surface area contributed by atoms with E-state index in [0.717, 1.165) is 13.0 Å². The van der Waals surface area contributed by atoms with Crippen molar-refractivity contribution in [2.24, 2.45) is 5.92 Å². The summed E-state index contributed by atoms with van der Waals surface area (Å²) in [6, 6.07) is -0.150. The van der Waals surface area contributed by atoms with Crippen LogP contribution in [0.5, 0.6) is 0 Å². The van der Waals surface area contributed by atoms with Crippen LogP contribution in [0.15, 0.2) is 0 Å². The maximum Gasteiger partial charge on any atom is 0.319 e. The molecule has 0 aromatic heterocycles. The number of halogens is 1. The van der Waals surface area contributed by atoms with Crippen molar-refractivity contribution in [2.75, 3.05) is 40.3 Å². The smallest absolute Gasteiger partial charge is 0.319 e. The van der Waals surface area contributed by atoms with Crippen molar-refractivity contribution in [1.29, 1.82) is 0 Å². The summed E-state index contributed by atoms with van der Waals surface area (Å²) in [6.07, 6.45) is 1.61. The number of piperidine rings is 2. The van der Waals surface area contributed by atoms with Gasteiger partial charge in [0.1, 0.15) is 0 Å². The Kier molecular flexibility index (Phi) is 7.38. The molecule has 8 heteroatoms. The second kappa shape index (κ2) is 8.55. The molecule has 0 aromatic carbocycles. The molecule has 2 atom stereocenters. The molecule has 0 radical (unpaired) electrons. The van der Waals surface area contributed by atoms with Gasteiger partial charge in [0.05, 0.1) is 12.1 Å². The first-order valence-electron chi connectivity index (χ1n) is 7.64. The molecule has 0 spiro atoms. The van der Waals surface area contributed by atoms with Gasteiger partial charge in [-0.2, -0.15) is 0 Å². The summed E-state index contributed by atoms with van der Waals surface area (Å²) in [6.45, 7) is 2.58. The first kappa shape index (κ1) is 19.0. The number of nitrogens with zero attached hydrogens (tertiary/aromatic N) is 2. The molecule has 0 aliphatic carbocycles. The molecule has 0 saturated carbocycles. The van der Waals surface area contributed by atoms with Gasteiger partial charge in [0.15, 0.2) is 0 Å². The van der Waals surface area contributed by atoms with Crippen LogP contribution in [0.2, 0.25) is 0 Å². The topological polar surface area (TPSA) is 84.9 Å². The molecule has 3 N–H and O–H groups in total. The van der Waals surface area contributed by atoms with Crippen LogP contribution < -0.4 is 10.6 Å². The Hall–Kier alpha value is -1.05. The van der Waals surface area contributed by atoms with E-state index in [9.17, 15) is 14.7 Å². The van der Waals surface area contributed by atoms with Crippen LogP contribution in [-0.4, -0.2) is 79.3 Å². The normalized spacial score (nSPS) is 26.0. The van der Waals surface area contributed by atoms with E-state index in [2.05, 4.69) is 10.6 Å². The number of rotatable bonds is 2. The first-order chi connectivity index (χ1) is 9.99. The van der Waals surface area contributed by atoms with Crippen LogP contribution in [0.1, 0.15) is 19.3 Å². The van der Waals surface area contributed by atoms with E-state index in [4.69, 9.17) is 0 Å². The Morgan fingerprint density at radius 1 is 1.23 bits per heavy atom. The highest BCUT2D eigenvalue weighted by atomic mass is 35.5. The second-order valence-electron chi connectivity index (χ2n) is 6.11. The van der Waals surface area contributed by atoms with Gasteiger partial charge in [0.25, 0.3) is 0 Å². The van der Waals surface area contributed by atoms with Gasteiger partial charge in [-0.3, -0.25) is 4.79 Å². The third kappa shape index (κ3) is 4.72. The van der Waals surface area contributed by atoms with Crippen LogP contribution in [0.3, 0.4) is 0 Å². The molecule has 128 valence electrons. The summed E-state index contributed by atoms with van der Waals surface area (Å²) in [5.41, 5.74) is 0. The number of urea groups is 1. The van der Waals surface area contributed by atoms with Crippen molar-refractivity contribution >= 4 is 24.3 Å². The van der Waals surface area contributed by atoms with Gasteiger partial charge in [-0.15, -0.1) is 12.4 Å². The molecule has 7 nitrogen and oxygen atoms in total. The standard InChI is InChI=1S/C14H26N4O3.ClH/c1-17(2)14(21)18-7-4-10(5-8-18)13(20)16-11-3-6-15-9-12(11)19;/h10-12,15,19H,3-9H2,1-2H3,(H,16,20);1H/t11-,12-;/m1./s1. The summed E-state index contributed by atoms with van der Waals surface area (Å²) in [5, 5.41) is 15.9. The quantitative estimate of drug-likeness (QED) is 0.644. The molecule has 2 aliphatic heterocycles. The molecule has 2 heterocycles. The zero-order valence-electron chi connectivity index (χ0n) is 13.2. The third-order valence-electron chi connectivity index (χ3n) is 4.30. The van der Waals surface area contributed by atoms with Crippen molar-refractivity contribution in [3.63, 3.8) is 0 Å². The number of β-amino-alcohol motifs (C(OH)–C–C–N with tert-alkyl or cyclic N) is 1. The molecular weight excluding hydrogens is 308 g/mol.